The van der Waals surface area contributed by atoms with Crippen LogP contribution in [-0.2, 0) is 27.3 Å². The van der Waals surface area contributed by atoms with Gasteiger partial charge in [0.2, 0.25) is 5.91 Å². The fourth-order valence-corrected chi connectivity index (χ4v) is 4.26. The molecule has 9 nitrogen and oxygen atoms in total. The number of nitrogens with zero attached hydrogens (tertiary/aromatic N) is 2. The molecule has 0 radical (unpaired) electrons. The molecule has 1 atom stereocenters. The highest BCUT2D eigenvalue weighted by Gasteiger charge is 2.25. The Kier molecular flexibility index (Phi) is 12.0. The summed E-state index contributed by atoms with van der Waals surface area (Å²) >= 11 is 1.58. The zero-order valence-electron chi connectivity index (χ0n) is 21.7. The number of methoxy groups -OCH3 is 2. The normalized spacial score (nSPS) is 11.4. The van der Waals surface area contributed by atoms with Crippen LogP contribution in [0, 0.1) is 0 Å². The van der Waals surface area contributed by atoms with Gasteiger partial charge in [-0.1, -0.05) is 19.1 Å². The Labute approximate surface area is 217 Å². The van der Waals surface area contributed by atoms with Crippen molar-refractivity contribution in [1.82, 2.24) is 15.1 Å². The number of carbonyl (C=O) groups is 3. The van der Waals surface area contributed by atoms with E-state index in [1.807, 2.05) is 49.6 Å². The molecule has 0 bridgehead atoms. The molecule has 0 aliphatic carbocycles. The predicted molar refractivity (Wildman–Crippen MR) is 139 cm³/mol. The van der Waals surface area contributed by atoms with E-state index in [4.69, 9.17) is 14.2 Å². The van der Waals surface area contributed by atoms with Crippen molar-refractivity contribution in [3.05, 3.63) is 46.2 Å². The lowest BCUT2D eigenvalue weighted by Gasteiger charge is -2.31. The van der Waals surface area contributed by atoms with Crippen LogP contribution in [0.25, 0.3) is 0 Å². The molecule has 2 rings (SSSR count). The van der Waals surface area contributed by atoms with Gasteiger partial charge in [-0.15, -0.1) is 11.3 Å². The zero-order valence-corrected chi connectivity index (χ0v) is 22.6. The minimum absolute atomic E-state index is 0.0963. The number of benzene rings is 1. The lowest BCUT2D eigenvalue weighted by atomic mass is 10.1. The number of thiophene rings is 1. The second-order valence-corrected chi connectivity index (χ2v) is 9.22. The highest BCUT2D eigenvalue weighted by atomic mass is 32.1. The summed E-state index contributed by atoms with van der Waals surface area (Å²) in [6, 6.07) is 8.97. The molecule has 0 fully saturated rings. The standard InChI is InChI=1S/C26H37N3O6S/c1-6-19(3)29(26(32)27-16-25(31)35-7-2)18-24(30)28(17-21-9-8-14-36-21)13-12-20-10-11-22(33-4)23(15-20)34-5/h8-11,14-15,19H,6-7,12-13,16-18H2,1-5H3,(H,27,32). The van der Waals surface area contributed by atoms with Crippen molar-refractivity contribution in [1.29, 1.82) is 0 Å². The third-order valence-electron chi connectivity index (χ3n) is 5.78. The van der Waals surface area contributed by atoms with Crippen molar-refractivity contribution in [2.24, 2.45) is 0 Å². The van der Waals surface area contributed by atoms with Crippen LogP contribution in [-0.4, -0.2) is 74.2 Å². The van der Waals surface area contributed by atoms with E-state index in [0.717, 1.165) is 10.4 Å². The van der Waals surface area contributed by atoms with E-state index in [1.54, 1.807) is 37.4 Å². The van der Waals surface area contributed by atoms with Gasteiger partial charge < -0.3 is 29.3 Å². The molecule has 1 aromatic heterocycles. The molecule has 0 saturated heterocycles. The van der Waals surface area contributed by atoms with Crippen molar-refractivity contribution in [2.75, 3.05) is 40.5 Å². The van der Waals surface area contributed by atoms with E-state index < -0.39 is 12.0 Å². The minimum atomic E-state index is -0.518. The Balaban J connectivity index is 2.14. The molecule has 10 heteroatoms. The van der Waals surface area contributed by atoms with Gasteiger partial charge in [0, 0.05) is 17.5 Å². The summed E-state index contributed by atoms with van der Waals surface area (Å²) < 4.78 is 15.6. The van der Waals surface area contributed by atoms with Crippen LogP contribution >= 0.6 is 11.3 Å². The molecular formula is C26H37N3O6S. The van der Waals surface area contributed by atoms with Crippen LogP contribution in [0.5, 0.6) is 11.5 Å². The quantitative estimate of drug-likeness (QED) is 0.382. The average molecular weight is 520 g/mol. The molecule has 36 heavy (non-hydrogen) atoms. The van der Waals surface area contributed by atoms with Crippen LogP contribution in [0.15, 0.2) is 35.7 Å². The molecule has 1 aromatic carbocycles. The molecule has 1 N–H and O–H groups in total. The smallest absolute Gasteiger partial charge is 0.325 e. The van der Waals surface area contributed by atoms with Gasteiger partial charge in [0.05, 0.1) is 27.4 Å². The first-order valence-corrected chi connectivity index (χ1v) is 12.9. The number of rotatable bonds is 14. The minimum Gasteiger partial charge on any atom is -0.493 e. The van der Waals surface area contributed by atoms with E-state index >= 15 is 0 Å². The van der Waals surface area contributed by atoms with Crippen molar-refractivity contribution >= 4 is 29.2 Å². The number of amides is 3. The second-order valence-electron chi connectivity index (χ2n) is 8.18. The van der Waals surface area contributed by atoms with Gasteiger partial charge in [0.1, 0.15) is 13.1 Å². The Bertz CT molecular complexity index is 982. The second kappa shape index (κ2) is 15.0. The maximum atomic E-state index is 13.5. The molecular weight excluding hydrogens is 482 g/mol. The van der Waals surface area contributed by atoms with Gasteiger partial charge in [0.25, 0.3) is 0 Å². The van der Waals surface area contributed by atoms with Crippen molar-refractivity contribution in [2.45, 2.75) is 46.2 Å². The first kappa shape index (κ1) is 29.0. The van der Waals surface area contributed by atoms with Crippen molar-refractivity contribution < 1.29 is 28.6 Å². The number of hydrogen-bond donors (Lipinski definition) is 1. The van der Waals surface area contributed by atoms with Gasteiger partial charge >= 0.3 is 12.0 Å². The molecule has 0 aliphatic heterocycles. The first-order chi connectivity index (χ1) is 17.3. The fraction of sp³-hybridized carbons (Fsp3) is 0.500. The number of hydrogen-bond acceptors (Lipinski definition) is 7. The molecule has 2 aromatic rings. The average Bonchev–Trinajstić information content (AvgIpc) is 3.40. The van der Waals surface area contributed by atoms with Crippen LogP contribution in [0.3, 0.4) is 0 Å². The van der Waals surface area contributed by atoms with Crippen LogP contribution < -0.4 is 14.8 Å². The number of ether oxygens (including phenoxy) is 3. The van der Waals surface area contributed by atoms with E-state index in [9.17, 15) is 14.4 Å². The monoisotopic (exact) mass is 519 g/mol. The van der Waals surface area contributed by atoms with Crippen LogP contribution in [0.2, 0.25) is 0 Å². The number of esters is 1. The van der Waals surface area contributed by atoms with Crippen LogP contribution in [0.4, 0.5) is 4.79 Å². The lowest BCUT2D eigenvalue weighted by Crippen LogP contribution is -2.51. The summed E-state index contributed by atoms with van der Waals surface area (Å²) in [6.45, 7) is 6.33. The first-order valence-electron chi connectivity index (χ1n) is 12.0. The van der Waals surface area contributed by atoms with E-state index in [2.05, 4.69) is 5.32 Å². The third kappa shape index (κ3) is 8.75. The van der Waals surface area contributed by atoms with Gasteiger partial charge in [-0.05, 0) is 55.8 Å². The van der Waals surface area contributed by atoms with Gasteiger partial charge in [0.15, 0.2) is 11.5 Å². The molecule has 0 spiro atoms. The van der Waals surface area contributed by atoms with Crippen LogP contribution in [0.1, 0.15) is 37.6 Å². The summed E-state index contributed by atoms with van der Waals surface area (Å²) in [5, 5.41) is 4.54. The largest absolute Gasteiger partial charge is 0.493 e. The molecule has 1 heterocycles. The summed E-state index contributed by atoms with van der Waals surface area (Å²) in [5.41, 5.74) is 1.00. The maximum Gasteiger partial charge on any atom is 0.325 e. The molecule has 0 aliphatic rings. The van der Waals surface area contributed by atoms with Crippen molar-refractivity contribution in [3.63, 3.8) is 0 Å². The van der Waals surface area contributed by atoms with Gasteiger partial charge in [-0.25, -0.2) is 4.79 Å². The predicted octanol–water partition coefficient (Wildman–Crippen LogP) is 3.71. The number of urea groups is 1. The summed E-state index contributed by atoms with van der Waals surface area (Å²) in [4.78, 5) is 42.3. The summed E-state index contributed by atoms with van der Waals surface area (Å²) in [5.74, 6) is 0.587. The highest BCUT2D eigenvalue weighted by molar-refractivity contribution is 7.09. The van der Waals surface area contributed by atoms with E-state index in [-0.39, 0.29) is 31.6 Å². The molecule has 3 amide bonds. The third-order valence-corrected chi connectivity index (χ3v) is 6.64. The summed E-state index contributed by atoms with van der Waals surface area (Å²) in [6.07, 6.45) is 1.27. The van der Waals surface area contributed by atoms with Crippen molar-refractivity contribution in [3.8, 4) is 11.5 Å². The molecule has 0 saturated carbocycles. The Morgan fingerprint density at radius 1 is 1.08 bits per heavy atom. The van der Waals surface area contributed by atoms with Gasteiger partial charge in [-0.2, -0.15) is 0 Å². The number of nitrogens with one attached hydrogen (secondary N) is 1. The highest BCUT2D eigenvalue weighted by Crippen LogP contribution is 2.28. The Morgan fingerprint density at radius 3 is 2.44 bits per heavy atom. The van der Waals surface area contributed by atoms with Gasteiger partial charge in [-0.3, -0.25) is 9.59 Å². The van der Waals surface area contributed by atoms with E-state index in [0.29, 0.717) is 37.4 Å². The zero-order chi connectivity index (χ0) is 26.5. The Hall–Kier alpha value is -3.27. The maximum absolute atomic E-state index is 13.5. The lowest BCUT2D eigenvalue weighted by molar-refractivity contribution is -0.141. The molecule has 198 valence electrons. The SMILES string of the molecule is CCOC(=O)CNC(=O)N(CC(=O)N(CCc1ccc(OC)c(OC)c1)Cc1cccs1)C(C)CC. The fourth-order valence-electron chi connectivity index (χ4n) is 3.54. The topological polar surface area (TPSA) is 97.4 Å². The van der Waals surface area contributed by atoms with E-state index in [1.165, 1.54) is 4.90 Å². The molecule has 1 unspecified atom stereocenters. The summed E-state index contributed by atoms with van der Waals surface area (Å²) in [7, 11) is 3.18. The number of carbonyl (C=O) groups excluding carboxylic acids is 3. The Morgan fingerprint density at radius 2 is 1.83 bits per heavy atom.